The SMILES string of the molecule is O=C(N/N=C/c1ccccc1O)c1ccncc1.O=S(=O)([O-])[O-].[Fe+2]. The summed E-state index contributed by atoms with van der Waals surface area (Å²) in [5, 5.41) is 13.3. The zero-order valence-electron chi connectivity index (χ0n) is 11.8. The Labute approximate surface area is 148 Å². The number of aromatic nitrogens is 1. The normalized spacial score (nSPS) is 10.2. The molecule has 0 bridgehead atoms. The van der Waals surface area contributed by atoms with Crippen LogP contribution in [-0.4, -0.2) is 39.7 Å². The zero-order valence-corrected chi connectivity index (χ0v) is 13.8. The van der Waals surface area contributed by atoms with E-state index in [0.29, 0.717) is 11.1 Å². The first-order valence-corrected chi connectivity index (χ1v) is 7.29. The van der Waals surface area contributed by atoms with Crippen LogP contribution in [0.3, 0.4) is 0 Å². The van der Waals surface area contributed by atoms with Crippen LogP contribution in [0.5, 0.6) is 5.75 Å². The van der Waals surface area contributed by atoms with E-state index in [4.69, 9.17) is 17.5 Å². The fourth-order valence-corrected chi connectivity index (χ4v) is 1.32. The van der Waals surface area contributed by atoms with Gasteiger partial charge in [-0.1, -0.05) is 12.1 Å². The second-order valence-electron chi connectivity index (χ2n) is 3.90. The van der Waals surface area contributed by atoms with Gasteiger partial charge in [-0.25, -0.2) is 5.43 Å². The van der Waals surface area contributed by atoms with Crippen molar-refractivity contribution in [3.63, 3.8) is 0 Å². The monoisotopic (exact) mass is 393 g/mol. The first-order valence-electron chi connectivity index (χ1n) is 5.95. The van der Waals surface area contributed by atoms with Gasteiger partial charge in [0.25, 0.3) is 5.91 Å². The molecule has 1 aromatic heterocycles. The van der Waals surface area contributed by atoms with Crippen molar-refractivity contribution in [2.24, 2.45) is 5.10 Å². The number of phenolic OH excluding ortho intramolecular Hbond substituents is 1. The average Bonchev–Trinajstić information content (AvgIpc) is 2.48. The minimum atomic E-state index is -5.17. The molecule has 1 aromatic carbocycles. The predicted molar refractivity (Wildman–Crippen MR) is 77.9 cm³/mol. The Morgan fingerprint density at radius 3 is 2.25 bits per heavy atom. The fourth-order valence-electron chi connectivity index (χ4n) is 1.32. The summed E-state index contributed by atoms with van der Waals surface area (Å²) in [5.41, 5.74) is 3.37. The van der Waals surface area contributed by atoms with E-state index in [0.717, 1.165) is 0 Å². The van der Waals surface area contributed by atoms with Crippen molar-refractivity contribution >= 4 is 22.5 Å². The molecular weight excluding hydrogens is 382 g/mol. The van der Waals surface area contributed by atoms with E-state index in [-0.39, 0.29) is 28.7 Å². The Kier molecular flexibility index (Phi) is 9.47. The van der Waals surface area contributed by atoms with Crippen molar-refractivity contribution in [1.29, 1.82) is 0 Å². The fraction of sp³-hybridized carbons (Fsp3) is 0. The molecule has 0 atom stereocenters. The van der Waals surface area contributed by atoms with Gasteiger partial charge in [0.05, 0.1) is 6.21 Å². The summed E-state index contributed by atoms with van der Waals surface area (Å²) in [7, 11) is -5.17. The standard InChI is InChI=1S/C13H11N3O2.Fe.H2O4S/c17-12-4-2-1-3-11(12)9-15-16-13(18)10-5-7-14-8-6-10;;1-5(2,3)4/h1-9,17H,(H,16,18);;(H2,1,2,3,4)/q;+2;/p-2/b15-9+;;. The molecule has 0 saturated carbocycles. The maximum atomic E-state index is 11.6. The number of amides is 1. The number of nitrogens with zero attached hydrogens (tertiary/aromatic N) is 2. The number of pyridine rings is 1. The molecule has 1 heterocycles. The van der Waals surface area contributed by atoms with Crippen molar-refractivity contribution in [2.45, 2.75) is 0 Å². The Morgan fingerprint density at radius 1 is 1.17 bits per heavy atom. The number of aromatic hydroxyl groups is 1. The molecule has 2 rings (SSSR count). The van der Waals surface area contributed by atoms with Crippen molar-refractivity contribution in [2.75, 3.05) is 0 Å². The molecule has 1 amide bonds. The number of benzene rings is 1. The van der Waals surface area contributed by atoms with E-state index in [1.165, 1.54) is 18.6 Å². The Morgan fingerprint density at radius 2 is 1.71 bits per heavy atom. The van der Waals surface area contributed by atoms with Gasteiger partial charge in [0.15, 0.2) is 0 Å². The number of hydrogen-bond acceptors (Lipinski definition) is 8. The quantitative estimate of drug-likeness (QED) is 0.248. The summed E-state index contributed by atoms with van der Waals surface area (Å²) in [6, 6.07) is 9.90. The third-order valence-electron chi connectivity index (χ3n) is 2.25. The number of rotatable bonds is 3. The molecular formula is C13H11FeN3O6S. The number of para-hydroxylation sites is 1. The molecule has 0 aliphatic heterocycles. The van der Waals surface area contributed by atoms with Crippen molar-refractivity contribution in [3.05, 3.63) is 59.9 Å². The summed E-state index contributed by atoms with van der Waals surface area (Å²) in [4.78, 5) is 15.4. The molecule has 2 aromatic rings. The molecule has 0 unspecified atom stereocenters. The zero-order chi connectivity index (χ0) is 17.3. The summed E-state index contributed by atoms with van der Waals surface area (Å²) in [6.07, 6.45) is 4.44. The number of carbonyl (C=O) groups excluding carboxylic acids is 1. The van der Waals surface area contributed by atoms with Gasteiger partial charge < -0.3 is 14.2 Å². The van der Waals surface area contributed by atoms with E-state index in [1.807, 2.05) is 0 Å². The van der Waals surface area contributed by atoms with Gasteiger partial charge in [-0.2, -0.15) is 5.10 Å². The van der Waals surface area contributed by atoms with Crippen LogP contribution in [0, 0.1) is 0 Å². The maximum absolute atomic E-state index is 11.6. The van der Waals surface area contributed by atoms with Crippen LogP contribution in [0.4, 0.5) is 0 Å². The molecule has 2 N–H and O–H groups in total. The van der Waals surface area contributed by atoms with Crippen molar-refractivity contribution in [1.82, 2.24) is 10.4 Å². The van der Waals surface area contributed by atoms with Gasteiger partial charge in [-0.3, -0.25) is 18.2 Å². The predicted octanol–water partition coefficient (Wildman–Crippen LogP) is 0.211. The maximum Gasteiger partial charge on any atom is 2.00 e. The van der Waals surface area contributed by atoms with E-state index in [9.17, 15) is 9.90 Å². The number of nitrogens with one attached hydrogen (secondary N) is 1. The Balaban J connectivity index is 0.000000777. The van der Waals surface area contributed by atoms with Crippen LogP contribution in [0.15, 0.2) is 53.9 Å². The molecule has 0 spiro atoms. The number of hydrazone groups is 1. The van der Waals surface area contributed by atoms with E-state index >= 15 is 0 Å². The van der Waals surface area contributed by atoms with Crippen molar-refractivity contribution < 1.29 is 44.5 Å². The summed E-state index contributed by atoms with van der Waals surface area (Å²) in [6.45, 7) is 0. The van der Waals surface area contributed by atoms with Gasteiger partial charge >= 0.3 is 17.1 Å². The smallest absolute Gasteiger partial charge is 0.759 e. The van der Waals surface area contributed by atoms with Gasteiger partial charge in [0.1, 0.15) is 5.75 Å². The second kappa shape index (κ2) is 10.5. The minimum Gasteiger partial charge on any atom is -0.759 e. The van der Waals surface area contributed by atoms with Crippen LogP contribution >= 0.6 is 0 Å². The van der Waals surface area contributed by atoms with Crippen molar-refractivity contribution in [3.8, 4) is 5.75 Å². The second-order valence-corrected chi connectivity index (χ2v) is 4.72. The molecule has 128 valence electrons. The van der Waals surface area contributed by atoms with Crippen LogP contribution in [0.25, 0.3) is 0 Å². The number of phenols is 1. The van der Waals surface area contributed by atoms with E-state index in [1.54, 1.807) is 36.4 Å². The number of hydrogen-bond donors (Lipinski definition) is 2. The molecule has 0 radical (unpaired) electrons. The topological polar surface area (TPSA) is 155 Å². The van der Waals surface area contributed by atoms with Gasteiger partial charge in [-0.15, -0.1) is 0 Å². The van der Waals surface area contributed by atoms with E-state index in [2.05, 4.69) is 15.5 Å². The van der Waals surface area contributed by atoms with E-state index < -0.39 is 10.4 Å². The van der Waals surface area contributed by atoms with Crippen LogP contribution in [0.2, 0.25) is 0 Å². The van der Waals surface area contributed by atoms with Gasteiger partial charge in [0, 0.05) is 33.9 Å². The first kappa shape index (κ1) is 21.7. The molecule has 0 fully saturated rings. The third kappa shape index (κ3) is 9.66. The molecule has 11 heteroatoms. The van der Waals surface area contributed by atoms with Gasteiger partial charge in [-0.05, 0) is 24.3 Å². The largest absolute Gasteiger partial charge is 2.00 e. The molecule has 0 aliphatic rings. The average molecular weight is 393 g/mol. The summed E-state index contributed by atoms with van der Waals surface area (Å²) >= 11 is 0. The first-order chi connectivity index (χ1) is 10.8. The molecule has 24 heavy (non-hydrogen) atoms. The third-order valence-corrected chi connectivity index (χ3v) is 2.25. The molecule has 0 saturated heterocycles. The molecule has 0 aliphatic carbocycles. The Hall–Kier alpha value is -2.30. The van der Waals surface area contributed by atoms with Crippen LogP contribution in [-0.2, 0) is 27.5 Å². The van der Waals surface area contributed by atoms with Crippen LogP contribution < -0.4 is 5.43 Å². The van der Waals surface area contributed by atoms with Gasteiger partial charge in [0.2, 0.25) is 0 Å². The number of carbonyl (C=O) groups is 1. The summed E-state index contributed by atoms with van der Waals surface area (Å²) in [5.74, 6) is -0.219. The molecule has 9 nitrogen and oxygen atoms in total. The van der Waals surface area contributed by atoms with Crippen LogP contribution in [0.1, 0.15) is 15.9 Å². The minimum absolute atomic E-state index is 0. The Bertz CT molecular complexity index is 775. The summed E-state index contributed by atoms with van der Waals surface area (Å²) < 4.78 is 34.1.